The lowest BCUT2D eigenvalue weighted by Gasteiger charge is -2.43. The first-order valence-corrected chi connectivity index (χ1v) is 8.54. The number of likely N-dealkylation sites (tertiary alicyclic amines) is 1. The molecule has 0 spiro atoms. The van der Waals surface area contributed by atoms with Crippen LogP contribution in [-0.4, -0.2) is 56.3 Å². The van der Waals surface area contributed by atoms with Crippen molar-refractivity contribution < 1.29 is 13.5 Å². The molecule has 0 radical (unpaired) electrons. The molecule has 0 aromatic rings. The minimum Gasteiger partial charge on any atom is -0.379 e. The predicted octanol–water partition coefficient (Wildman–Crippen LogP) is 3.50. The molecular formula is C16H30Cl2F2N2O. The van der Waals surface area contributed by atoms with Gasteiger partial charge < -0.3 is 10.1 Å². The van der Waals surface area contributed by atoms with E-state index in [1.165, 1.54) is 25.7 Å². The molecule has 3 nitrogen and oxygen atoms in total. The Morgan fingerprint density at radius 1 is 1.09 bits per heavy atom. The molecule has 1 N–H and O–H groups in total. The summed E-state index contributed by atoms with van der Waals surface area (Å²) >= 11 is 0. The monoisotopic (exact) mass is 374 g/mol. The highest BCUT2D eigenvalue weighted by Crippen LogP contribution is 2.50. The Morgan fingerprint density at radius 3 is 2.39 bits per heavy atom. The maximum Gasteiger partial charge on any atom is 0.246 e. The number of ether oxygens (including phenoxy) is 1. The Bertz CT molecular complexity index is 340. The van der Waals surface area contributed by atoms with Gasteiger partial charge >= 0.3 is 0 Å². The fraction of sp³-hybridized carbons (Fsp3) is 1.00. The van der Waals surface area contributed by atoms with Crippen LogP contribution >= 0.6 is 24.8 Å². The molecule has 1 saturated carbocycles. The van der Waals surface area contributed by atoms with Crippen molar-refractivity contribution in [3.8, 4) is 0 Å². The van der Waals surface area contributed by atoms with Crippen LogP contribution in [-0.2, 0) is 4.74 Å². The van der Waals surface area contributed by atoms with Gasteiger partial charge in [0, 0.05) is 12.1 Å². The summed E-state index contributed by atoms with van der Waals surface area (Å²) in [4.78, 5) is 2.60. The number of piperidine rings is 2. The fourth-order valence-electron chi connectivity index (χ4n) is 3.81. The number of alkyl halides is 2. The maximum atomic E-state index is 12.9. The van der Waals surface area contributed by atoms with Crippen LogP contribution in [0.2, 0.25) is 0 Å². The van der Waals surface area contributed by atoms with Gasteiger partial charge in [-0.2, -0.15) is 0 Å². The summed E-state index contributed by atoms with van der Waals surface area (Å²) in [5.74, 6) is 0. The fourth-order valence-corrected chi connectivity index (χ4v) is 3.81. The van der Waals surface area contributed by atoms with Crippen molar-refractivity contribution in [3.63, 3.8) is 0 Å². The van der Waals surface area contributed by atoms with Gasteiger partial charge in [0.25, 0.3) is 0 Å². The third-order valence-electron chi connectivity index (χ3n) is 5.51. The molecule has 2 saturated heterocycles. The van der Waals surface area contributed by atoms with Crippen LogP contribution < -0.4 is 5.32 Å². The highest BCUT2D eigenvalue weighted by Gasteiger charge is 2.51. The molecule has 2 aliphatic heterocycles. The number of nitrogens with zero attached hydrogens (tertiary/aromatic N) is 1. The Labute approximate surface area is 150 Å². The molecule has 0 amide bonds. The first-order valence-electron chi connectivity index (χ1n) is 8.54. The molecule has 1 unspecified atom stereocenters. The second-order valence-corrected chi connectivity index (χ2v) is 7.05. The van der Waals surface area contributed by atoms with Gasteiger partial charge in [0.15, 0.2) is 0 Å². The normalized spacial score (nSPS) is 28.0. The van der Waals surface area contributed by atoms with Crippen molar-refractivity contribution in [1.29, 1.82) is 0 Å². The summed E-state index contributed by atoms with van der Waals surface area (Å²) < 4.78 is 31.6. The zero-order chi connectivity index (χ0) is 14.7. The quantitative estimate of drug-likeness (QED) is 0.769. The Morgan fingerprint density at radius 2 is 1.78 bits per heavy atom. The largest absolute Gasteiger partial charge is 0.379 e. The van der Waals surface area contributed by atoms with E-state index in [-0.39, 0.29) is 31.4 Å². The van der Waals surface area contributed by atoms with Crippen LogP contribution in [0.5, 0.6) is 0 Å². The van der Waals surface area contributed by atoms with Gasteiger partial charge in [0.2, 0.25) is 6.43 Å². The van der Waals surface area contributed by atoms with Crippen molar-refractivity contribution >= 4 is 24.8 Å². The number of halogens is 4. The summed E-state index contributed by atoms with van der Waals surface area (Å²) in [6.07, 6.45) is 5.13. The van der Waals surface area contributed by atoms with Crippen LogP contribution in [0, 0.1) is 5.41 Å². The van der Waals surface area contributed by atoms with Gasteiger partial charge in [-0.3, -0.25) is 4.90 Å². The summed E-state index contributed by atoms with van der Waals surface area (Å²) in [5.41, 5.74) is -0.797. The number of hydrogen-bond acceptors (Lipinski definition) is 3. The molecule has 3 fully saturated rings. The molecule has 7 heteroatoms. The molecule has 23 heavy (non-hydrogen) atoms. The third kappa shape index (κ3) is 5.40. The molecule has 3 aliphatic rings. The van der Waals surface area contributed by atoms with Crippen LogP contribution in [0.4, 0.5) is 8.78 Å². The van der Waals surface area contributed by atoms with Crippen LogP contribution in [0.25, 0.3) is 0 Å². The molecule has 0 bridgehead atoms. The van der Waals surface area contributed by atoms with Gasteiger partial charge in [0.05, 0.1) is 18.6 Å². The molecule has 138 valence electrons. The molecule has 0 aromatic carbocycles. The van der Waals surface area contributed by atoms with Gasteiger partial charge in [-0.05, 0) is 58.2 Å². The highest BCUT2D eigenvalue weighted by atomic mass is 35.5. The van der Waals surface area contributed by atoms with Crippen molar-refractivity contribution in [2.24, 2.45) is 5.41 Å². The van der Waals surface area contributed by atoms with Crippen molar-refractivity contribution in [3.05, 3.63) is 0 Å². The van der Waals surface area contributed by atoms with E-state index in [0.717, 1.165) is 26.1 Å². The van der Waals surface area contributed by atoms with E-state index in [9.17, 15) is 8.78 Å². The van der Waals surface area contributed by atoms with Gasteiger partial charge in [0.1, 0.15) is 0 Å². The SMILES string of the molecule is Cl.Cl.FC(F)C1(COCC2CCCCN2C2CCNCC2)CC1. The molecule has 2 heterocycles. The maximum absolute atomic E-state index is 12.9. The topological polar surface area (TPSA) is 24.5 Å². The lowest BCUT2D eigenvalue weighted by molar-refractivity contribution is -0.0373. The van der Waals surface area contributed by atoms with Crippen molar-refractivity contribution in [2.45, 2.75) is 63.5 Å². The smallest absolute Gasteiger partial charge is 0.246 e. The average molecular weight is 375 g/mol. The lowest BCUT2D eigenvalue weighted by atomic mass is 9.96. The van der Waals surface area contributed by atoms with Crippen LogP contribution in [0.1, 0.15) is 44.9 Å². The van der Waals surface area contributed by atoms with E-state index >= 15 is 0 Å². The molecule has 1 aliphatic carbocycles. The molecule has 3 rings (SSSR count). The minimum absolute atomic E-state index is 0. The highest BCUT2D eigenvalue weighted by molar-refractivity contribution is 5.85. The van der Waals surface area contributed by atoms with Crippen molar-refractivity contribution in [1.82, 2.24) is 10.2 Å². The van der Waals surface area contributed by atoms with E-state index in [2.05, 4.69) is 10.2 Å². The van der Waals surface area contributed by atoms with E-state index in [4.69, 9.17) is 4.74 Å². The van der Waals surface area contributed by atoms with Gasteiger partial charge in [-0.1, -0.05) is 6.42 Å². The first-order chi connectivity index (χ1) is 10.2. The number of hydrogen-bond donors (Lipinski definition) is 1. The summed E-state index contributed by atoms with van der Waals surface area (Å²) in [6, 6.07) is 1.10. The lowest BCUT2D eigenvalue weighted by Crippen LogP contribution is -2.51. The molecule has 0 aromatic heterocycles. The zero-order valence-corrected chi connectivity index (χ0v) is 15.3. The minimum atomic E-state index is -2.22. The van der Waals surface area contributed by atoms with Gasteiger partial charge in [-0.15, -0.1) is 24.8 Å². The predicted molar refractivity (Wildman–Crippen MR) is 93.2 cm³/mol. The summed E-state index contributed by atoms with van der Waals surface area (Å²) in [6.45, 7) is 4.24. The number of rotatable bonds is 6. The Balaban J connectivity index is 0.00000132. The first kappa shape index (κ1) is 21.4. The van der Waals surface area contributed by atoms with Crippen molar-refractivity contribution in [2.75, 3.05) is 32.8 Å². The molecular weight excluding hydrogens is 345 g/mol. The standard InChI is InChI=1S/C16H28F2N2O.2ClH/c17-15(18)16(6-7-16)12-21-11-14-3-1-2-10-20(14)13-4-8-19-9-5-13;;/h13-15,19H,1-12H2;2*1H. The average Bonchev–Trinajstić information content (AvgIpc) is 3.30. The van der Waals surface area contributed by atoms with E-state index in [0.29, 0.717) is 31.5 Å². The van der Waals surface area contributed by atoms with Crippen LogP contribution in [0.15, 0.2) is 0 Å². The van der Waals surface area contributed by atoms with Gasteiger partial charge in [-0.25, -0.2) is 8.78 Å². The third-order valence-corrected chi connectivity index (χ3v) is 5.51. The molecule has 1 atom stereocenters. The van der Waals surface area contributed by atoms with E-state index < -0.39 is 11.8 Å². The second-order valence-electron chi connectivity index (χ2n) is 7.05. The number of nitrogens with one attached hydrogen (secondary N) is 1. The summed E-state index contributed by atoms with van der Waals surface area (Å²) in [5, 5.41) is 3.41. The van der Waals surface area contributed by atoms with Crippen LogP contribution in [0.3, 0.4) is 0 Å². The second kappa shape index (κ2) is 9.71. The summed E-state index contributed by atoms with van der Waals surface area (Å²) in [7, 11) is 0. The Hall–Kier alpha value is 0.320. The Kier molecular flexibility index (Phi) is 9.02. The van der Waals surface area contributed by atoms with E-state index in [1.54, 1.807) is 0 Å². The van der Waals surface area contributed by atoms with E-state index in [1.807, 2.05) is 0 Å². The zero-order valence-electron chi connectivity index (χ0n) is 13.6.